The maximum absolute atomic E-state index is 12.5. The first-order valence-corrected chi connectivity index (χ1v) is 9.00. The Morgan fingerprint density at radius 2 is 1.92 bits per heavy atom. The second-order valence-corrected chi connectivity index (χ2v) is 6.80. The quantitative estimate of drug-likeness (QED) is 0.829. The molecule has 1 fully saturated rings. The van der Waals surface area contributed by atoms with E-state index in [0.717, 1.165) is 37.1 Å². The SMILES string of the molecule is Cc1cc(C)n(CCN(C)C(=O)CN2CCCCCCCC2=O)n1. The van der Waals surface area contributed by atoms with Crippen molar-refractivity contribution in [1.82, 2.24) is 19.6 Å². The van der Waals surface area contributed by atoms with Gasteiger partial charge in [0.1, 0.15) is 0 Å². The molecule has 0 bridgehead atoms. The van der Waals surface area contributed by atoms with E-state index in [-0.39, 0.29) is 18.4 Å². The van der Waals surface area contributed by atoms with Crippen LogP contribution >= 0.6 is 0 Å². The highest BCUT2D eigenvalue weighted by atomic mass is 16.2. The number of hydrogen-bond donors (Lipinski definition) is 0. The third kappa shape index (κ3) is 5.35. The molecule has 0 atom stereocenters. The number of likely N-dealkylation sites (N-methyl/N-ethyl adjacent to an activating group) is 1. The molecule has 0 radical (unpaired) electrons. The normalized spacial score (nSPS) is 16.5. The molecule has 0 N–H and O–H groups in total. The highest BCUT2D eigenvalue weighted by molar-refractivity contribution is 5.84. The van der Waals surface area contributed by atoms with Crippen molar-refractivity contribution < 1.29 is 9.59 Å². The van der Waals surface area contributed by atoms with Crippen molar-refractivity contribution in [3.8, 4) is 0 Å². The fraction of sp³-hybridized carbons (Fsp3) is 0.722. The molecular formula is C18H30N4O2. The number of aromatic nitrogens is 2. The number of nitrogens with zero attached hydrogens (tertiary/aromatic N) is 4. The van der Waals surface area contributed by atoms with Crippen LogP contribution in [0.3, 0.4) is 0 Å². The minimum atomic E-state index is 0.00382. The molecule has 0 aliphatic carbocycles. The maximum atomic E-state index is 12.5. The number of hydrogen-bond acceptors (Lipinski definition) is 3. The summed E-state index contributed by atoms with van der Waals surface area (Å²) in [6, 6.07) is 2.03. The van der Waals surface area contributed by atoms with Gasteiger partial charge in [0, 0.05) is 32.3 Å². The molecule has 1 aliphatic heterocycles. The van der Waals surface area contributed by atoms with Gasteiger partial charge >= 0.3 is 0 Å². The van der Waals surface area contributed by atoms with E-state index in [2.05, 4.69) is 5.10 Å². The van der Waals surface area contributed by atoms with E-state index >= 15 is 0 Å². The summed E-state index contributed by atoms with van der Waals surface area (Å²) in [5, 5.41) is 4.42. The van der Waals surface area contributed by atoms with Gasteiger partial charge in [-0.3, -0.25) is 14.3 Å². The summed E-state index contributed by atoms with van der Waals surface area (Å²) in [7, 11) is 1.80. The average molecular weight is 334 g/mol. The zero-order valence-corrected chi connectivity index (χ0v) is 15.3. The van der Waals surface area contributed by atoms with Crippen LogP contribution in [-0.2, 0) is 16.1 Å². The number of carbonyl (C=O) groups is 2. The molecule has 0 unspecified atom stereocenters. The first-order chi connectivity index (χ1) is 11.5. The molecule has 134 valence electrons. The lowest BCUT2D eigenvalue weighted by molar-refractivity contribution is -0.140. The molecule has 1 aromatic heterocycles. The van der Waals surface area contributed by atoms with Crippen molar-refractivity contribution in [2.24, 2.45) is 0 Å². The number of amides is 2. The Morgan fingerprint density at radius 3 is 2.62 bits per heavy atom. The third-order valence-electron chi connectivity index (χ3n) is 4.67. The lowest BCUT2D eigenvalue weighted by Gasteiger charge is -2.25. The molecule has 0 spiro atoms. The van der Waals surface area contributed by atoms with Crippen molar-refractivity contribution >= 4 is 11.8 Å². The van der Waals surface area contributed by atoms with Crippen molar-refractivity contribution in [2.45, 2.75) is 58.9 Å². The summed E-state index contributed by atoms with van der Waals surface area (Å²) in [6.07, 6.45) is 5.97. The summed E-state index contributed by atoms with van der Waals surface area (Å²) in [4.78, 5) is 28.1. The van der Waals surface area contributed by atoms with Crippen molar-refractivity contribution in [2.75, 3.05) is 26.7 Å². The Hall–Kier alpha value is -1.85. The van der Waals surface area contributed by atoms with E-state index in [9.17, 15) is 9.59 Å². The molecule has 2 heterocycles. The smallest absolute Gasteiger partial charge is 0.241 e. The highest BCUT2D eigenvalue weighted by Crippen LogP contribution is 2.12. The Kier molecular flexibility index (Phi) is 6.82. The van der Waals surface area contributed by atoms with Crippen LogP contribution in [0.25, 0.3) is 0 Å². The van der Waals surface area contributed by atoms with Crippen LogP contribution in [0.1, 0.15) is 49.9 Å². The van der Waals surface area contributed by atoms with Gasteiger partial charge in [-0.05, 0) is 32.8 Å². The van der Waals surface area contributed by atoms with Crippen LogP contribution in [0.5, 0.6) is 0 Å². The number of carbonyl (C=O) groups excluding carboxylic acids is 2. The van der Waals surface area contributed by atoms with Crippen LogP contribution in [0.2, 0.25) is 0 Å². The predicted molar refractivity (Wildman–Crippen MR) is 93.6 cm³/mol. The second-order valence-electron chi connectivity index (χ2n) is 6.80. The van der Waals surface area contributed by atoms with E-state index < -0.39 is 0 Å². The van der Waals surface area contributed by atoms with Crippen LogP contribution in [0.4, 0.5) is 0 Å². The van der Waals surface area contributed by atoms with E-state index in [1.807, 2.05) is 24.6 Å². The average Bonchev–Trinajstić information content (AvgIpc) is 2.91. The monoisotopic (exact) mass is 334 g/mol. The molecule has 24 heavy (non-hydrogen) atoms. The Morgan fingerprint density at radius 1 is 1.21 bits per heavy atom. The second kappa shape index (κ2) is 8.85. The molecule has 0 aromatic carbocycles. The largest absolute Gasteiger partial charge is 0.342 e. The molecule has 2 rings (SSSR count). The third-order valence-corrected chi connectivity index (χ3v) is 4.67. The number of aryl methyl sites for hydroxylation is 2. The topological polar surface area (TPSA) is 58.4 Å². The van der Waals surface area contributed by atoms with Gasteiger partial charge in [-0.25, -0.2) is 0 Å². The molecule has 1 aromatic rings. The van der Waals surface area contributed by atoms with Crippen molar-refractivity contribution in [3.63, 3.8) is 0 Å². The maximum Gasteiger partial charge on any atom is 0.241 e. The summed E-state index contributed by atoms with van der Waals surface area (Å²) in [6.45, 7) is 6.17. The zero-order chi connectivity index (χ0) is 17.5. The minimum Gasteiger partial charge on any atom is -0.342 e. The highest BCUT2D eigenvalue weighted by Gasteiger charge is 2.20. The van der Waals surface area contributed by atoms with Gasteiger partial charge in [0.15, 0.2) is 0 Å². The van der Waals surface area contributed by atoms with Gasteiger partial charge in [0.05, 0.1) is 18.8 Å². The zero-order valence-electron chi connectivity index (χ0n) is 15.3. The molecule has 1 saturated heterocycles. The van der Waals surface area contributed by atoms with E-state index in [4.69, 9.17) is 0 Å². The van der Waals surface area contributed by atoms with E-state index in [0.29, 0.717) is 26.1 Å². The van der Waals surface area contributed by atoms with Crippen LogP contribution in [-0.4, -0.2) is 58.1 Å². The fourth-order valence-corrected chi connectivity index (χ4v) is 3.11. The van der Waals surface area contributed by atoms with Crippen LogP contribution < -0.4 is 0 Å². The van der Waals surface area contributed by atoms with Crippen molar-refractivity contribution in [1.29, 1.82) is 0 Å². The summed E-state index contributed by atoms with van der Waals surface area (Å²) < 4.78 is 1.92. The summed E-state index contributed by atoms with van der Waals surface area (Å²) >= 11 is 0. The molecular weight excluding hydrogens is 304 g/mol. The lowest BCUT2D eigenvalue weighted by Crippen LogP contribution is -2.42. The van der Waals surface area contributed by atoms with Gasteiger partial charge in [-0.1, -0.05) is 19.3 Å². The van der Waals surface area contributed by atoms with E-state index in [1.165, 1.54) is 6.42 Å². The lowest BCUT2D eigenvalue weighted by atomic mass is 10.1. The predicted octanol–water partition coefficient (Wildman–Crippen LogP) is 2.14. The van der Waals surface area contributed by atoms with Gasteiger partial charge in [-0.15, -0.1) is 0 Å². The Balaban J connectivity index is 1.85. The van der Waals surface area contributed by atoms with Crippen molar-refractivity contribution in [3.05, 3.63) is 17.5 Å². The molecule has 1 aliphatic rings. The van der Waals surface area contributed by atoms with E-state index in [1.54, 1.807) is 16.8 Å². The van der Waals surface area contributed by atoms with Gasteiger partial charge < -0.3 is 9.80 Å². The summed E-state index contributed by atoms with van der Waals surface area (Å²) in [5.41, 5.74) is 2.09. The van der Waals surface area contributed by atoms with Crippen LogP contribution in [0, 0.1) is 13.8 Å². The van der Waals surface area contributed by atoms with Gasteiger partial charge in [-0.2, -0.15) is 5.10 Å². The fourth-order valence-electron chi connectivity index (χ4n) is 3.11. The molecule has 6 heteroatoms. The Bertz CT molecular complexity index is 567. The Labute approximate surface area is 144 Å². The first kappa shape index (κ1) is 18.5. The standard InChI is InChI=1S/C18H30N4O2/c1-15-13-16(2)22(19-15)12-11-20(3)18(24)14-21-10-8-6-4-5-7-9-17(21)23/h13H,4-12,14H2,1-3H3. The molecule has 6 nitrogen and oxygen atoms in total. The first-order valence-electron chi connectivity index (χ1n) is 9.00. The van der Waals surface area contributed by atoms with Crippen LogP contribution in [0.15, 0.2) is 6.07 Å². The van der Waals surface area contributed by atoms with Gasteiger partial charge in [0.2, 0.25) is 11.8 Å². The molecule has 0 saturated carbocycles. The number of rotatable bonds is 5. The minimum absolute atomic E-state index is 0.00382. The van der Waals surface area contributed by atoms with Gasteiger partial charge in [0.25, 0.3) is 0 Å². The molecule has 2 amide bonds. The summed E-state index contributed by atoms with van der Waals surface area (Å²) in [5.74, 6) is 0.126.